The monoisotopic (exact) mass is 257 g/mol. The second kappa shape index (κ2) is 6.18. The van der Waals surface area contributed by atoms with Gasteiger partial charge in [0.1, 0.15) is 5.82 Å². The van der Waals surface area contributed by atoms with Crippen molar-refractivity contribution in [3.63, 3.8) is 0 Å². The summed E-state index contributed by atoms with van der Waals surface area (Å²) < 4.78 is 1.65. The summed E-state index contributed by atoms with van der Waals surface area (Å²) in [7, 11) is 1.80. The van der Waals surface area contributed by atoms with E-state index in [2.05, 4.69) is 41.6 Å². The Bertz CT molecular complexity index is 543. The summed E-state index contributed by atoms with van der Waals surface area (Å²) in [5.74, 6) is 0.745. The maximum Gasteiger partial charge on any atom is 0.225 e. The standard InChI is InChI=1S/C15H19N3O/c1-3-12-4-6-13(7-5-12)8-9-15(19)17-14-10-11-16-18(14)2/h4-7,10-11H,3,8-9H2,1-2H3,(H,17,19). The minimum atomic E-state index is 0.0168. The van der Waals surface area contributed by atoms with E-state index in [0.29, 0.717) is 6.42 Å². The Labute approximate surface area is 113 Å². The van der Waals surface area contributed by atoms with Crippen LogP contribution in [0.1, 0.15) is 24.5 Å². The van der Waals surface area contributed by atoms with Crippen LogP contribution in [0.4, 0.5) is 5.82 Å². The van der Waals surface area contributed by atoms with E-state index in [9.17, 15) is 4.79 Å². The summed E-state index contributed by atoms with van der Waals surface area (Å²) in [6.07, 6.45) is 3.95. The average Bonchev–Trinajstić information content (AvgIpc) is 2.82. The zero-order valence-electron chi connectivity index (χ0n) is 11.4. The van der Waals surface area contributed by atoms with Crippen LogP contribution < -0.4 is 5.32 Å². The van der Waals surface area contributed by atoms with Crippen LogP contribution in [0.5, 0.6) is 0 Å². The lowest BCUT2D eigenvalue weighted by molar-refractivity contribution is -0.116. The van der Waals surface area contributed by atoms with Gasteiger partial charge in [0.25, 0.3) is 0 Å². The highest BCUT2D eigenvalue weighted by atomic mass is 16.1. The molecule has 1 heterocycles. The third kappa shape index (κ3) is 3.68. The molecule has 0 aliphatic heterocycles. The van der Waals surface area contributed by atoms with Crippen LogP contribution in [0.25, 0.3) is 0 Å². The van der Waals surface area contributed by atoms with E-state index >= 15 is 0 Å². The average molecular weight is 257 g/mol. The smallest absolute Gasteiger partial charge is 0.225 e. The molecule has 0 unspecified atom stereocenters. The van der Waals surface area contributed by atoms with Gasteiger partial charge in [-0.15, -0.1) is 0 Å². The van der Waals surface area contributed by atoms with Crippen molar-refractivity contribution in [1.29, 1.82) is 0 Å². The third-order valence-electron chi connectivity index (χ3n) is 3.16. The molecular formula is C15H19N3O. The third-order valence-corrected chi connectivity index (χ3v) is 3.16. The van der Waals surface area contributed by atoms with Gasteiger partial charge in [0, 0.05) is 19.5 Å². The van der Waals surface area contributed by atoms with Gasteiger partial charge in [-0.05, 0) is 24.0 Å². The second-order valence-corrected chi connectivity index (χ2v) is 4.56. The number of anilines is 1. The van der Waals surface area contributed by atoms with E-state index in [-0.39, 0.29) is 5.91 Å². The van der Waals surface area contributed by atoms with Crippen molar-refractivity contribution in [3.8, 4) is 0 Å². The molecule has 0 fully saturated rings. The molecule has 100 valence electrons. The summed E-state index contributed by atoms with van der Waals surface area (Å²) in [5.41, 5.74) is 2.51. The van der Waals surface area contributed by atoms with Crippen molar-refractivity contribution < 1.29 is 4.79 Å². The van der Waals surface area contributed by atoms with E-state index in [1.807, 2.05) is 0 Å². The van der Waals surface area contributed by atoms with Gasteiger partial charge < -0.3 is 5.32 Å². The van der Waals surface area contributed by atoms with Crippen LogP contribution in [-0.2, 0) is 24.7 Å². The molecule has 0 bridgehead atoms. The van der Waals surface area contributed by atoms with Crippen LogP contribution in [0.3, 0.4) is 0 Å². The quantitative estimate of drug-likeness (QED) is 0.894. The number of nitrogens with one attached hydrogen (secondary N) is 1. The molecule has 2 rings (SSSR count). The van der Waals surface area contributed by atoms with Gasteiger partial charge in [-0.25, -0.2) is 0 Å². The van der Waals surface area contributed by atoms with E-state index in [4.69, 9.17) is 0 Å². The molecule has 19 heavy (non-hydrogen) atoms. The molecule has 0 aliphatic rings. The van der Waals surface area contributed by atoms with Crippen molar-refractivity contribution in [3.05, 3.63) is 47.7 Å². The molecule has 0 saturated heterocycles. The molecule has 2 aromatic rings. The first-order valence-corrected chi connectivity index (χ1v) is 6.54. The minimum absolute atomic E-state index is 0.0168. The van der Waals surface area contributed by atoms with Crippen molar-refractivity contribution in [2.75, 3.05) is 5.32 Å². The maximum absolute atomic E-state index is 11.8. The zero-order chi connectivity index (χ0) is 13.7. The van der Waals surface area contributed by atoms with Gasteiger partial charge in [-0.3, -0.25) is 9.48 Å². The van der Waals surface area contributed by atoms with Crippen molar-refractivity contribution in [2.45, 2.75) is 26.2 Å². The number of aryl methyl sites for hydroxylation is 3. The second-order valence-electron chi connectivity index (χ2n) is 4.56. The Kier molecular flexibility index (Phi) is 4.34. The lowest BCUT2D eigenvalue weighted by Crippen LogP contribution is -2.14. The Morgan fingerprint density at radius 1 is 1.21 bits per heavy atom. The molecule has 0 atom stereocenters. The molecule has 1 aromatic carbocycles. The summed E-state index contributed by atoms with van der Waals surface area (Å²) in [5, 5.41) is 6.85. The van der Waals surface area contributed by atoms with Crippen LogP contribution in [-0.4, -0.2) is 15.7 Å². The summed E-state index contributed by atoms with van der Waals surface area (Å²) in [6.45, 7) is 2.14. The fourth-order valence-corrected chi connectivity index (χ4v) is 1.90. The zero-order valence-corrected chi connectivity index (χ0v) is 11.4. The summed E-state index contributed by atoms with van der Waals surface area (Å²) >= 11 is 0. The van der Waals surface area contributed by atoms with E-state index < -0.39 is 0 Å². The highest BCUT2D eigenvalue weighted by Gasteiger charge is 2.05. The number of aromatic nitrogens is 2. The normalized spacial score (nSPS) is 10.4. The predicted octanol–water partition coefficient (Wildman–Crippen LogP) is 2.55. The minimum Gasteiger partial charge on any atom is -0.311 e. The SMILES string of the molecule is CCc1ccc(CCC(=O)Nc2ccnn2C)cc1. The molecule has 0 radical (unpaired) electrons. The first kappa shape index (κ1) is 13.3. The number of nitrogens with zero attached hydrogens (tertiary/aromatic N) is 2. The van der Waals surface area contributed by atoms with Crippen LogP contribution in [0.15, 0.2) is 36.5 Å². The van der Waals surface area contributed by atoms with Crippen molar-refractivity contribution in [2.24, 2.45) is 7.05 Å². The van der Waals surface area contributed by atoms with Crippen molar-refractivity contribution in [1.82, 2.24) is 9.78 Å². The Morgan fingerprint density at radius 3 is 2.47 bits per heavy atom. The number of carbonyl (C=O) groups excluding carboxylic acids is 1. The van der Waals surface area contributed by atoms with Crippen LogP contribution >= 0.6 is 0 Å². The van der Waals surface area contributed by atoms with E-state index in [1.54, 1.807) is 24.0 Å². The number of carbonyl (C=O) groups is 1. The summed E-state index contributed by atoms with van der Waals surface area (Å²) in [6, 6.07) is 10.2. The lowest BCUT2D eigenvalue weighted by Gasteiger charge is -2.06. The van der Waals surface area contributed by atoms with Crippen molar-refractivity contribution >= 4 is 11.7 Å². The highest BCUT2D eigenvalue weighted by Crippen LogP contribution is 2.09. The van der Waals surface area contributed by atoms with Gasteiger partial charge in [0.2, 0.25) is 5.91 Å². The fraction of sp³-hybridized carbons (Fsp3) is 0.333. The van der Waals surface area contributed by atoms with Gasteiger partial charge in [0.15, 0.2) is 0 Å². The number of amides is 1. The molecule has 1 aromatic heterocycles. The Balaban J connectivity index is 1.84. The van der Waals surface area contributed by atoms with Gasteiger partial charge >= 0.3 is 0 Å². The highest BCUT2D eigenvalue weighted by molar-refractivity contribution is 5.89. The Hall–Kier alpha value is -2.10. The largest absolute Gasteiger partial charge is 0.311 e. The molecule has 1 amide bonds. The van der Waals surface area contributed by atoms with Crippen LogP contribution in [0.2, 0.25) is 0 Å². The van der Waals surface area contributed by atoms with Gasteiger partial charge in [0.05, 0.1) is 6.20 Å². The predicted molar refractivity (Wildman–Crippen MR) is 76.0 cm³/mol. The molecular weight excluding hydrogens is 238 g/mol. The topological polar surface area (TPSA) is 46.9 Å². The number of hydrogen-bond acceptors (Lipinski definition) is 2. The molecule has 4 nitrogen and oxygen atoms in total. The first-order valence-electron chi connectivity index (χ1n) is 6.54. The molecule has 0 aliphatic carbocycles. The van der Waals surface area contributed by atoms with Crippen LogP contribution in [0, 0.1) is 0 Å². The molecule has 0 saturated carbocycles. The fourth-order valence-electron chi connectivity index (χ4n) is 1.90. The lowest BCUT2D eigenvalue weighted by atomic mass is 10.1. The first-order chi connectivity index (χ1) is 9.19. The van der Waals surface area contributed by atoms with E-state index in [0.717, 1.165) is 18.7 Å². The summed E-state index contributed by atoms with van der Waals surface area (Å²) in [4.78, 5) is 11.8. The molecule has 0 spiro atoms. The molecule has 4 heteroatoms. The van der Waals surface area contributed by atoms with E-state index in [1.165, 1.54) is 11.1 Å². The number of rotatable bonds is 5. The number of benzene rings is 1. The maximum atomic E-state index is 11.8. The van der Waals surface area contributed by atoms with Gasteiger partial charge in [-0.2, -0.15) is 5.10 Å². The number of hydrogen-bond donors (Lipinski definition) is 1. The molecule has 1 N–H and O–H groups in total. The Morgan fingerprint density at radius 2 is 1.89 bits per heavy atom. The van der Waals surface area contributed by atoms with Gasteiger partial charge in [-0.1, -0.05) is 31.2 Å².